The van der Waals surface area contributed by atoms with Crippen molar-refractivity contribution in [2.24, 2.45) is 5.73 Å². The van der Waals surface area contributed by atoms with E-state index in [1.807, 2.05) is 36.5 Å². The van der Waals surface area contributed by atoms with Gasteiger partial charge in [0.1, 0.15) is 0 Å². The molecule has 1 heterocycles. The number of aromatic nitrogens is 1. The van der Waals surface area contributed by atoms with E-state index in [0.29, 0.717) is 6.54 Å². The summed E-state index contributed by atoms with van der Waals surface area (Å²) in [6.45, 7) is 0.470. The van der Waals surface area contributed by atoms with Gasteiger partial charge in [-0.2, -0.15) is 0 Å². The van der Waals surface area contributed by atoms with Crippen LogP contribution in [-0.2, 0) is 13.0 Å². The number of fused-ring (bicyclic) bond motifs is 1. The Hall–Kier alpha value is -1.90. The maximum atomic E-state index is 6.22. The third-order valence-corrected chi connectivity index (χ3v) is 3.82. The lowest BCUT2D eigenvalue weighted by atomic mass is 10.0. The van der Waals surface area contributed by atoms with Crippen molar-refractivity contribution in [3.8, 4) is 0 Å². The molecule has 1 aromatic heterocycles. The second kappa shape index (κ2) is 5.61. The topological polar surface area (TPSA) is 38.9 Å². The molecule has 20 heavy (non-hydrogen) atoms. The van der Waals surface area contributed by atoms with Gasteiger partial charge < -0.3 is 5.73 Å². The van der Waals surface area contributed by atoms with Crippen molar-refractivity contribution >= 4 is 22.5 Å². The van der Waals surface area contributed by atoms with Crippen LogP contribution >= 0.6 is 11.6 Å². The summed E-state index contributed by atoms with van der Waals surface area (Å²) in [5, 5.41) is 1.93. The first kappa shape index (κ1) is 13.1. The van der Waals surface area contributed by atoms with Gasteiger partial charge in [0, 0.05) is 23.2 Å². The molecule has 100 valence electrons. The lowest BCUT2D eigenvalue weighted by Crippen LogP contribution is -1.98. The normalized spacial score (nSPS) is 10.9. The molecule has 0 saturated heterocycles. The average Bonchev–Trinajstić information content (AvgIpc) is 2.48. The van der Waals surface area contributed by atoms with Crippen LogP contribution in [0.1, 0.15) is 16.7 Å². The zero-order chi connectivity index (χ0) is 13.9. The van der Waals surface area contributed by atoms with Crippen LogP contribution in [0.5, 0.6) is 0 Å². The first-order chi connectivity index (χ1) is 9.78. The Morgan fingerprint density at radius 2 is 1.85 bits per heavy atom. The lowest BCUT2D eigenvalue weighted by molar-refractivity contribution is 1.06. The van der Waals surface area contributed by atoms with Gasteiger partial charge in [-0.05, 0) is 41.3 Å². The maximum Gasteiger partial charge on any atom is 0.0704 e. The van der Waals surface area contributed by atoms with Crippen LogP contribution in [0.2, 0.25) is 5.02 Å². The van der Waals surface area contributed by atoms with Gasteiger partial charge in [0.2, 0.25) is 0 Å². The zero-order valence-corrected chi connectivity index (χ0v) is 11.8. The number of nitrogens with two attached hydrogens (primary N) is 1. The largest absolute Gasteiger partial charge is 0.326 e. The fourth-order valence-electron chi connectivity index (χ4n) is 2.40. The number of benzene rings is 2. The van der Waals surface area contributed by atoms with Crippen LogP contribution in [0.15, 0.2) is 54.7 Å². The highest BCUT2D eigenvalue weighted by atomic mass is 35.5. The molecule has 0 bridgehead atoms. The Labute approximate surface area is 123 Å². The molecule has 2 N–H and O–H groups in total. The van der Waals surface area contributed by atoms with E-state index in [1.54, 1.807) is 0 Å². The van der Waals surface area contributed by atoms with Crippen LogP contribution in [0.25, 0.3) is 10.9 Å². The molecular formula is C17H15ClN2. The molecule has 3 heteroatoms. The van der Waals surface area contributed by atoms with Gasteiger partial charge in [0.15, 0.2) is 0 Å². The van der Waals surface area contributed by atoms with Crippen LogP contribution < -0.4 is 5.73 Å². The molecule has 0 fully saturated rings. The highest BCUT2D eigenvalue weighted by Gasteiger charge is 2.05. The summed E-state index contributed by atoms with van der Waals surface area (Å²) in [4.78, 5) is 4.39. The molecule has 0 aliphatic rings. The predicted octanol–water partition coefficient (Wildman–Crippen LogP) is 3.94. The van der Waals surface area contributed by atoms with Gasteiger partial charge in [-0.25, -0.2) is 0 Å². The molecule has 0 radical (unpaired) electrons. The standard InChI is InChI=1S/C17H15ClN2/c18-16-10-12(5-6-14(16)11-19)9-13-7-8-20-17-4-2-1-3-15(13)17/h1-8,10H,9,11,19H2. The maximum absolute atomic E-state index is 6.22. The minimum absolute atomic E-state index is 0.470. The van der Waals surface area contributed by atoms with E-state index < -0.39 is 0 Å². The molecule has 0 spiro atoms. The molecule has 0 unspecified atom stereocenters. The number of hydrogen-bond donors (Lipinski definition) is 1. The molecule has 3 aromatic rings. The number of nitrogens with zero attached hydrogens (tertiary/aromatic N) is 1. The number of hydrogen-bond acceptors (Lipinski definition) is 2. The van der Waals surface area contributed by atoms with Crippen molar-refractivity contribution in [2.45, 2.75) is 13.0 Å². The summed E-state index contributed by atoms with van der Waals surface area (Å²) in [6.07, 6.45) is 2.70. The van der Waals surface area contributed by atoms with E-state index in [-0.39, 0.29) is 0 Å². The van der Waals surface area contributed by atoms with Crippen molar-refractivity contribution in [2.75, 3.05) is 0 Å². The zero-order valence-electron chi connectivity index (χ0n) is 11.0. The summed E-state index contributed by atoms with van der Waals surface area (Å²) in [5.74, 6) is 0. The molecule has 0 amide bonds. The summed E-state index contributed by atoms with van der Waals surface area (Å²) >= 11 is 6.22. The van der Waals surface area contributed by atoms with E-state index >= 15 is 0 Å². The van der Waals surface area contributed by atoms with Crippen molar-refractivity contribution in [1.82, 2.24) is 4.98 Å². The van der Waals surface area contributed by atoms with Gasteiger partial charge in [-0.15, -0.1) is 0 Å². The van der Waals surface area contributed by atoms with E-state index in [2.05, 4.69) is 23.2 Å². The van der Waals surface area contributed by atoms with Gasteiger partial charge in [-0.3, -0.25) is 4.98 Å². The van der Waals surface area contributed by atoms with Crippen LogP contribution in [0.4, 0.5) is 0 Å². The van der Waals surface area contributed by atoms with E-state index in [4.69, 9.17) is 17.3 Å². The first-order valence-electron chi connectivity index (χ1n) is 6.58. The van der Waals surface area contributed by atoms with E-state index in [1.165, 1.54) is 16.5 Å². The van der Waals surface area contributed by atoms with Gasteiger partial charge in [-0.1, -0.05) is 41.9 Å². The molecule has 2 aromatic carbocycles. The summed E-state index contributed by atoms with van der Waals surface area (Å²) in [5.41, 5.74) is 10.1. The number of halogens is 1. The van der Waals surface area contributed by atoms with Crippen molar-refractivity contribution in [1.29, 1.82) is 0 Å². The summed E-state index contributed by atoms with van der Waals surface area (Å²) in [6, 6.07) is 16.3. The van der Waals surface area contributed by atoms with Gasteiger partial charge in [0.25, 0.3) is 0 Å². The van der Waals surface area contributed by atoms with Crippen LogP contribution in [0, 0.1) is 0 Å². The monoisotopic (exact) mass is 282 g/mol. The number of rotatable bonds is 3. The Morgan fingerprint density at radius 3 is 2.65 bits per heavy atom. The smallest absolute Gasteiger partial charge is 0.0704 e. The number of pyridine rings is 1. The Kier molecular flexibility index (Phi) is 3.68. The fourth-order valence-corrected chi connectivity index (χ4v) is 2.68. The summed E-state index contributed by atoms with van der Waals surface area (Å²) < 4.78 is 0. The Balaban J connectivity index is 1.99. The van der Waals surface area contributed by atoms with Crippen molar-refractivity contribution in [3.63, 3.8) is 0 Å². The Bertz CT molecular complexity index is 748. The van der Waals surface area contributed by atoms with E-state index in [0.717, 1.165) is 22.5 Å². The fraction of sp³-hybridized carbons (Fsp3) is 0.118. The average molecular weight is 283 g/mol. The minimum Gasteiger partial charge on any atom is -0.326 e. The quantitative estimate of drug-likeness (QED) is 0.790. The molecule has 3 rings (SSSR count). The summed E-state index contributed by atoms with van der Waals surface area (Å²) in [7, 11) is 0. The Morgan fingerprint density at radius 1 is 1.00 bits per heavy atom. The highest BCUT2D eigenvalue weighted by Crippen LogP contribution is 2.23. The third kappa shape index (κ3) is 2.53. The second-order valence-electron chi connectivity index (χ2n) is 4.79. The molecular weight excluding hydrogens is 268 g/mol. The number of para-hydroxylation sites is 1. The van der Waals surface area contributed by atoms with Gasteiger partial charge >= 0.3 is 0 Å². The first-order valence-corrected chi connectivity index (χ1v) is 6.96. The predicted molar refractivity (Wildman–Crippen MR) is 83.9 cm³/mol. The molecule has 0 atom stereocenters. The molecule has 2 nitrogen and oxygen atoms in total. The molecule has 0 saturated carbocycles. The lowest BCUT2D eigenvalue weighted by Gasteiger charge is -2.08. The SMILES string of the molecule is NCc1ccc(Cc2ccnc3ccccc23)cc1Cl. The van der Waals surface area contributed by atoms with Gasteiger partial charge in [0.05, 0.1) is 5.52 Å². The minimum atomic E-state index is 0.470. The third-order valence-electron chi connectivity index (χ3n) is 3.47. The molecule has 0 aliphatic carbocycles. The van der Waals surface area contributed by atoms with E-state index in [9.17, 15) is 0 Å². The van der Waals surface area contributed by atoms with Crippen LogP contribution in [-0.4, -0.2) is 4.98 Å². The van der Waals surface area contributed by atoms with Crippen molar-refractivity contribution < 1.29 is 0 Å². The molecule has 0 aliphatic heterocycles. The second-order valence-corrected chi connectivity index (χ2v) is 5.20. The van der Waals surface area contributed by atoms with Crippen LogP contribution in [0.3, 0.4) is 0 Å². The highest BCUT2D eigenvalue weighted by molar-refractivity contribution is 6.31. The van der Waals surface area contributed by atoms with Crippen molar-refractivity contribution in [3.05, 3.63) is 76.4 Å².